The molecule has 0 aliphatic carbocycles. The Morgan fingerprint density at radius 3 is 1.50 bits per heavy atom. The van der Waals surface area contributed by atoms with Gasteiger partial charge in [0.15, 0.2) is 0 Å². The van der Waals surface area contributed by atoms with E-state index in [9.17, 15) is 14.7 Å². The number of rotatable bonds is 21. The van der Waals surface area contributed by atoms with Gasteiger partial charge in [-0.25, -0.2) is 0 Å². The van der Waals surface area contributed by atoms with Crippen LogP contribution in [-0.2, 0) is 9.59 Å². The number of hydrogen-bond acceptors (Lipinski definition) is 3. The Kier molecular flexibility index (Phi) is 18.0. The largest absolute Gasteiger partial charge is 0.481 e. The molecule has 5 nitrogen and oxygen atoms in total. The van der Waals surface area contributed by atoms with Gasteiger partial charge in [0.05, 0.1) is 0 Å². The molecule has 2 atom stereocenters. The lowest BCUT2D eigenvalue weighted by atomic mass is 10.00. The number of carboxylic acids is 2. The van der Waals surface area contributed by atoms with E-state index in [2.05, 4.69) is 13.8 Å². The summed E-state index contributed by atoms with van der Waals surface area (Å²) in [5.41, 5.74) is 0. The highest BCUT2D eigenvalue weighted by Crippen LogP contribution is 2.20. The van der Waals surface area contributed by atoms with Gasteiger partial charge in [0, 0.05) is 18.5 Å². The molecule has 0 saturated heterocycles. The Morgan fingerprint density at radius 2 is 1.13 bits per heavy atom. The number of unbranched alkanes of at least 4 members (excludes halogenated alkanes) is 12. The first kappa shape index (κ1) is 28.9. The average molecular weight is 428 g/mol. The molecular weight excluding hydrogens is 378 g/mol. The van der Waals surface area contributed by atoms with Crippen LogP contribution in [0.25, 0.3) is 0 Å². The first-order valence-corrected chi connectivity index (χ1v) is 12.5. The van der Waals surface area contributed by atoms with E-state index in [-0.39, 0.29) is 24.9 Å². The predicted octanol–water partition coefficient (Wildman–Crippen LogP) is 6.88. The lowest BCUT2D eigenvalue weighted by molar-refractivity contribution is -0.146. The van der Waals surface area contributed by atoms with Crippen LogP contribution in [0.15, 0.2) is 0 Å². The van der Waals surface area contributed by atoms with Crippen molar-refractivity contribution in [3.8, 4) is 0 Å². The third-order valence-corrected chi connectivity index (χ3v) is 6.11. The van der Waals surface area contributed by atoms with Crippen molar-refractivity contribution in [3.05, 3.63) is 0 Å². The standard InChI is InChI=1S/C25H49NO4/c1-5-6-7-8-9-10-11-12-13-14-15-16-17-18-22(4)26(21(2)3)23(25(29)30)19-20-24(27)28/h21-23H,5-20H2,1-4H3,(H,27,28)(H,29,30)/t22?,23-/m0/s1. The van der Waals surface area contributed by atoms with E-state index in [1.807, 2.05) is 18.7 Å². The van der Waals surface area contributed by atoms with Crippen LogP contribution in [0, 0.1) is 0 Å². The van der Waals surface area contributed by atoms with E-state index in [0.717, 1.165) is 12.8 Å². The maximum atomic E-state index is 11.7. The van der Waals surface area contributed by atoms with E-state index in [0.29, 0.717) is 0 Å². The molecule has 0 saturated carbocycles. The molecule has 0 spiro atoms. The topological polar surface area (TPSA) is 77.8 Å². The van der Waals surface area contributed by atoms with Gasteiger partial charge in [0.1, 0.15) is 6.04 Å². The first-order valence-electron chi connectivity index (χ1n) is 12.5. The van der Waals surface area contributed by atoms with Gasteiger partial charge in [0.2, 0.25) is 0 Å². The molecule has 0 radical (unpaired) electrons. The van der Waals surface area contributed by atoms with Crippen LogP contribution >= 0.6 is 0 Å². The zero-order valence-corrected chi connectivity index (χ0v) is 20.2. The Balaban J connectivity index is 3.98. The van der Waals surface area contributed by atoms with Gasteiger partial charge in [-0.05, 0) is 33.6 Å². The molecule has 5 heteroatoms. The second kappa shape index (κ2) is 18.7. The maximum absolute atomic E-state index is 11.7. The van der Waals surface area contributed by atoms with Gasteiger partial charge in [-0.3, -0.25) is 14.5 Å². The highest BCUT2D eigenvalue weighted by atomic mass is 16.4. The van der Waals surface area contributed by atoms with Crippen molar-refractivity contribution in [2.45, 2.75) is 149 Å². The van der Waals surface area contributed by atoms with Crippen molar-refractivity contribution in [3.63, 3.8) is 0 Å². The Hall–Kier alpha value is -1.10. The highest BCUT2D eigenvalue weighted by Gasteiger charge is 2.31. The van der Waals surface area contributed by atoms with Crippen molar-refractivity contribution < 1.29 is 19.8 Å². The summed E-state index contributed by atoms with van der Waals surface area (Å²) < 4.78 is 0. The number of nitrogens with zero attached hydrogens (tertiary/aromatic N) is 1. The zero-order valence-electron chi connectivity index (χ0n) is 20.2. The SMILES string of the molecule is CCCCCCCCCCCCCCCC(C)N(C(C)C)[C@@H](CCC(=O)O)C(=O)O. The van der Waals surface area contributed by atoms with Crippen LogP contribution in [0.3, 0.4) is 0 Å². The molecule has 0 rings (SSSR count). The minimum atomic E-state index is -0.936. The van der Waals surface area contributed by atoms with E-state index < -0.39 is 18.0 Å². The quantitative estimate of drug-likeness (QED) is 0.195. The molecular formula is C25H49NO4. The summed E-state index contributed by atoms with van der Waals surface area (Å²) in [4.78, 5) is 24.6. The van der Waals surface area contributed by atoms with Crippen LogP contribution in [0.1, 0.15) is 130 Å². The second-order valence-electron chi connectivity index (χ2n) is 9.21. The van der Waals surface area contributed by atoms with E-state index in [1.165, 1.54) is 77.0 Å². The molecule has 178 valence electrons. The van der Waals surface area contributed by atoms with Crippen LogP contribution in [0.5, 0.6) is 0 Å². The minimum absolute atomic E-state index is 0.0804. The van der Waals surface area contributed by atoms with Gasteiger partial charge in [0.25, 0.3) is 0 Å². The van der Waals surface area contributed by atoms with Gasteiger partial charge in [-0.1, -0.05) is 90.4 Å². The van der Waals surface area contributed by atoms with Gasteiger partial charge in [-0.2, -0.15) is 0 Å². The van der Waals surface area contributed by atoms with Crippen molar-refractivity contribution in [1.82, 2.24) is 4.90 Å². The number of carbonyl (C=O) groups is 2. The minimum Gasteiger partial charge on any atom is -0.481 e. The van der Waals surface area contributed by atoms with E-state index >= 15 is 0 Å². The molecule has 0 heterocycles. The fourth-order valence-corrected chi connectivity index (χ4v) is 4.44. The van der Waals surface area contributed by atoms with Crippen LogP contribution in [0.4, 0.5) is 0 Å². The molecule has 2 N–H and O–H groups in total. The zero-order chi connectivity index (χ0) is 22.8. The summed E-state index contributed by atoms with van der Waals surface area (Å²) >= 11 is 0. The van der Waals surface area contributed by atoms with Gasteiger partial charge in [-0.15, -0.1) is 0 Å². The van der Waals surface area contributed by atoms with Crippen LogP contribution < -0.4 is 0 Å². The molecule has 0 aliphatic rings. The molecule has 30 heavy (non-hydrogen) atoms. The molecule has 1 unspecified atom stereocenters. The van der Waals surface area contributed by atoms with E-state index in [1.54, 1.807) is 0 Å². The summed E-state index contributed by atoms with van der Waals surface area (Å²) in [7, 11) is 0. The summed E-state index contributed by atoms with van der Waals surface area (Å²) in [6, 6.07) is -0.498. The summed E-state index contributed by atoms with van der Waals surface area (Å²) in [6.07, 6.45) is 18.2. The Bertz CT molecular complexity index is 439. The van der Waals surface area contributed by atoms with Crippen molar-refractivity contribution >= 4 is 11.9 Å². The van der Waals surface area contributed by atoms with Crippen molar-refractivity contribution in [2.75, 3.05) is 0 Å². The monoisotopic (exact) mass is 427 g/mol. The summed E-state index contributed by atoms with van der Waals surface area (Å²) in [5.74, 6) is -1.85. The Morgan fingerprint density at radius 1 is 0.700 bits per heavy atom. The number of hydrogen-bond donors (Lipinski definition) is 2. The van der Waals surface area contributed by atoms with Crippen molar-refractivity contribution in [2.24, 2.45) is 0 Å². The van der Waals surface area contributed by atoms with Gasteiger partial charge >= 0.3 is 11.9 Å². The number of aliphatic carboxylic acids is 2. The third-order valence-electron chi connectivity index (χ3n) is 6.11. The molecule has 0 aromatic rings. The fraction of sp³-hybridized carbons (Fsp3) is 0.920. The molecule has 0 aromatic heterocycles. The fourth-order valence-electron chi connectivity index (χ4n) is 4.44. The van der Waals surface area contributed by atoms with Crippen molar-refractivity contribution in [1.29, 1.82) is 0 Å². The third kappa shape index (κ3) is 14.8. The van der Waals surface area contributed by atoms with E-state index in [4.69, 9.17) is 5.11 Å². The maximum Gasteiger partial charge on any atom is 0.320 e. The second-order valence-corrected chi connectivity index (χ2v) is 9.21. The predicted molar refractivity (Wildman–Crippen MR) is 125 cm³/mol. The lowest BCUT2D eigenvalue weighted by Crippen LogP contribution is -2.50. The smallest absolute Gasteiger partial charge is 0.320 e. The molecule has 0 aliphatic heterocycles. The molecule has 0 amide bonds. The lowest BCUT2D eigenvalue weighted by Gasteiger charge is -2.37. The molecule has 0 fully saturated rings. The molecule has 0 aromatic carbocycles. The van der Waals surface area contributed by atoms with Gasteiger partial charge < -0.3 is 10.2 Å². The summed E-state index contributed by atoms with van der Waals surface area (Å²) in [5, 5.41) is 18.5. The number of carboxylic acid groups (broad SMARTS) is 2. The average Bonchev–Trinajstić information content (AvgIpc) is 2.67. The van der Waals surface area contributed by atoms with Crippen LogP contribution in [0.2, 0.25) is 0 Å². The normalized spacial score (nSPS) is 13.7. The Labute approximate surface area is 185 Å². The first-order chi connectivity index (χ1) is 14.3. The summed E-state index contributed by atoms with van der Waals surface area (Å²) in [6.45, 7) is 8.33. The van der Waals surface area contributed by atoms with Crippen LogP contribution in [-0.4, -0.2) is 45.2 Å². The molecule has 0 bridgehead atoms. The highest BCUT2D eigenvalue weighted by molar-refractivity contribution is 5.75.